The fourth-order valence-corrected chi connectivity index (χ4v) is 2.90. The highest BCUT2D eigenvalue weighted by atomic mass is 16.6. The van der Waals surface area contributed by atoms with Crippen molar-refractivity contribution in [3.8, 4) is 0 Å². The third-order valence-corrected chi connectivity index (χ3v) is 3.95. The van der Waals surface area contributed by atoms with E-state index in [1.165, 1.54) is 23.3 Å². The summed E-state index contributed by atoms with van der Waals surface area (Å²) in [5, 5.41) is 2.58. The molecule has 0 spiro atoms. The molecule has 2 aromatic rings. The molecule has 3 rings (SSSR count). The Labute approximate surface area is 138 Å². The van der Waals surface area contributed by atoms with E-state index in [-0.39, 0.29) is 18.5 Å². The minimum absolute atomic E-state index is 0.0988. The van der Waals surface area contributed by atoms with Gasteiger partial charge in [-0.05, 0) is 13.0 Å². The number of benzene rings is 1. The number of imidazole rings is 1. The van der Waals surface area contributed by atoms with Crippen LogP contribution < -0.4 is 5.32 Å². The summed E-state index contributed by atoms with van der Waals surface area (Å²) in [5.41, 5.74) is 2.08. The normalized spacial score (nSPS) is 17.2. The smallest absolute Gasteiger partial charge is 0.412 e. The molecule has 2 heterocycles. The molecule has 0 saturated carbocycles. The minimum atomic E-state index is -0.496. The van der Waals surface area contributed by atoms with Crippen molar-refractivity contribution in [1.82, 2.24) is 19.8 Å². The van der Waals surface area contributed by atoms with Gasteiger partial charge in [-0.1, -0.05) is 12.1 Å². The molecule has 1 aliphatic heterocycles. The summed E-state index contributed by atoms with van der Waals surface area (Å²) in [6, 6.07) is 5.45. The monoisotopic (exact) mass is 330 g/mol. The molecule has 1 N–H and O–H groups in total. The number of carbonyl (C=O) groups excluding carboxylic acids is 3. The zero-order valence-electron chi connectivity index (χ0n) is 13.7. The molecule has 0 aliphatic carbocycles. The third kappa shape index (κ3) is 2.70. The Morgan fingerprint density at radius 2 is 2.12 bits per heavy atom. The van der Waals surface area contributed by atoms with Gasteiger partial charge in [0.1, 0.15) is 11.9 Å². The van der Waals surface area contributed by atoms with Crippen LogP contribution >= 0.6 is 0 Å². The van der Waals surface area contributed by atoms with Crippen LogP contribution in [0, 0.1) is 6.92 Å². The van der Waals surface area contributed by atoms with E-state index in [1.807, 2.05) is 18.2 Å². The highest BCUT2D eigenvalue weighted by molar-refractivity contribution is 5.91. The van der Waals surface area contributed by atoms with Crippen LogP contribution in [0.15, 0.2) is 18.2 Å². The molecule has 1 fully saturated rings. The Morgan fingerprint density at radius 1 is 1.38 bits per heavy atom. The first-order chi connectivity index (χ1) is 11.4. The highest BCUT2D eigenvalue weighted by Crippen LogP contribution is 2.31. The van der Waals surface area contributed by atoms with Gasteiger partial charge in [0.25, 0.3) is 0 Å². The summed E-state index contributed by atoms with van der Waals surface area (Å²) in [5.74, 6) is 0.247. The van der Waals surface area contributed by atoms with E-state index in [0.717, 1.165) is 5.56 Å². The van der Waals surface area contributed by atoms with Crippen LogP contribution in [0.5, 0.6) is 0 Å². The quantitative estimate of drug-likeness (QED) is 0.922. The zero-order chi connectivity index (χ0) is 17.4. The average Bonchev–Trinajstić information content (AvgIpc) is 3.03. The first-order valence-electron chi connectivity index (χ1n) is 7.57. The van der Waals surface area contributed by atoms with Gasteiger partial charge < -0.3 is 10.1 Å². The van der Waals surface area contributed by atoms with E-state index in [4.69, 9.17) is 4.74 Å². The number of aromatic nitrogens is 2. The predicted molar refractivity (Wildman–Crippen MR) is 85.4 cm³/mol. The summed E-state index contributed by atoms with van der Waals surface area (Å²) in [6.07, 6.45) is -0.988. The number of para-hydroxylation sites is 1. The standard InChI is InChI=1S/C16H18N4O4/c1-9-18-15-12(5-4-6-13(15)20(9)11(3)22)14-7-19(16(23)24-14)8-17-10(2)21/h4-6,14H,7-8H2,1-3H3,(H,17,21). The summed E-state index contributed by atoms with van der Waals surface area (Å²) < 4.78 is 6.94. The molecule has 0 bridgehead atoms. The Morgan fingerprint density at radius 3 is 2.79 bits per heavy atom. The Kier molecular flexibility index (Phi) is 3.96. The topological polar surface area (TPSA) is 93.5 Å². The number of carbonyl (C=O) groups is 3. The number of fused-ring (bicyclic) bond motifs is 1. The lowest BCUT2D eigenvalue weighted by Gasteiger charge is -2.13. The maximum Gasteiger partial charge on any atom is 0.412 e. The lowest BCUT2D eigenvalue weighted by molar-refractivity contribution is -0.119. The van der Waals surface area contributed by atoms with Crippen LogP contribution in [0.4, 0.5) is 4.79 Å². The number of hydrogen-bond acceptors (Lipinski definition) is 5. The van der Waals surface area contributed by atoms with Crippen LogP contribution in [0.25, 0.3) is 11.0 Å². The number of amides is 2. The van der Waals surface area contributed by atoms with E-state index in [9.17, 15) is 14.4 Å². The highest BCUT2D eigenvalue weighted by Gasteiger charge is 2.34. The molecule has 2 amide bonds. The second-order valence-electron chi connectivity index (χ2n) is 5.71. The van der Waals surface area contributed by atoms with Crippen LogP contribution in [0.1, 0.15) is 36.1 Å². The summed E-state index contributed by atoms with van der Waals surface area (Å²) in [4.78, 5) is 40.7. The number of hydrogen-bond donors (Lipinski definition) is 1. The Balaban J connectivity index is 1.93. The number of rotatable bonds is 3. The number of cyclic esters (lactones) is 1. The number of aryl methyl sites for hydroxylation is 1. The molecule has 24 heavy (non-hydrogen) atoms. The van der Waals surface area contributed by atoms with Gasteiger partial charge in [0.15, 0.2) is 0 Å². The molecule has 1 aliphatic rings. The van der Waals surface area contributed by atoms with Crippen LogP contribution in [-0.4, -0.2) is 45.6 Å². The second kappa shape index (κ2) is 5.95. The van der Waals surface area contributed by atoms with Gasteiger partial charge in [-0.25, -0.2) is 9.78 Å². The number of nitrogens with zero attached hydrogens (tertiary/aromatic N) is 3. The van der Waals surface area contributed by atoms with Crippen molar-refractivity contribution in [2.45, 2.75) is 26.9 Å². The van der Waals surface area contributed by atoms with Crippen LogP contribution in [-0.2, 0) is 9.53 Å². The third-order valence-electron chi connectivity index (χ3n) is 3.95. The van der Waals surface area contributed by atoms with Crippen LogP contribution in [0.2, 0.25) is 0 Å². The van der Waals surface area contributed by atoms with Gasteiger partial charge in [0.05, 0.1) is 24.2 Å². The number of nitrogens with one attached hydrogen (secondary N) is 1. The van der Waals surface area contributed by atoms with Crippen molar-refractivity contribution in [1.29, 1.82) is 0 Å². The molecular formula is C16H18N4O4. The minimum Gasteiger partial charge on any atom is -0.439 e. The van der Waals surface area contributed by atoms with Crippen LogP contribution in [0.3, 0.4) is 0 Å². The fraction of sp³-hybridized carbons (Fsp3) is 0.375. The first-order valence-corrected chi connectivity index (χ1v) is 7.57. The van der Waals surface area contributed by atoms with Crippen molar-refractivity contribution in [3.63, 3.8) is 0 Å². The first kappa shape index (κ1) is 16.0. The maximum absolute atomic E-state index is 12.0. The maximum atomic E-state index is 12.0. The van der Waals surface area contributed by atoms with E-state index in [1.54, 1.807) is 6.92 Å². The van der Waals surface area contributed by atoms with Crippen molar-refractivity contribution in [2.75, 3.05) is 13.2 Å². The molecule has 1 unspecified atom stereocenters. The van der Waals surface area contributed by atoms with Gasteiger partial charge in [0, 0.05) is 19.4 Å². The van der Waals surface area contributed by atoms with E-state index in [0.29, 0.717) is 23.4 Å². The molecule has 1 aromatic heterocycles. The summed E-state index contributed by atoms with van der Waals surface area (Å²) >= 11 is 0. The Bertz CT molecular complexity index is 842. The molecule has 1 saturated heterocycles. The molecule has 126 valence electrons. The van der Waals surface area contributed by atoms with E-state index in [2.05, 4.69) is 10.3 Å². The van der Waals surface area contributed by atoms with Crippen molar-refractivity contribution < 1.29 is 19.1 Å². The largest absolute Gasteiger partial charge is 0.439 e. The molecule has 1 atom stereocenters. The molecule has 0 radical (unpaired) electrons. The summed E-state index contributed by atoms with van der Waals surface area (Å²) in [7, 11) is 0. The van der Waals surface area contributed by atoms with Gasteiger partial charge in [0.2, 0.25) is 11.8 Å². The predicted octanol–water partition coefficient (Wildman–Crippen LogP) is 1.59. The van der Waals surface area contributed by atoms with E-state index >= 15 is 0 Å². The Hall–Kier alpha value is -2.90. The zero-order valence-corrected chi connectivity index (χ0v) is 13.7. The van der Waals surface area contributed by atoms with E-state index < -0.39 is 12.2 Å². The van der Waals surface area contributed by atoms with Gasteiger partial charge >= 0.3 is 6.09 Å². The van der Waals surface area contributed by atoms with Gasteiger partial charge in [-0.15, -0.1) is 0 Å². The SMILES string of the molecule is CC(=O)NCN1CC(c2cccc3c2nc(C)n3C(C)=O)OC1=O. The lowest BCUT2D eigenvalue weighted by atomic mass is 10.1. The van der Waals surface area contributed by atoms with Crippen molar-refractivity contribution >= 4 is 28.9 Å². The average molecular weight is 330 g/mol. The number of ether oxygens (including phenoxy) is 1. The second-order valence-corrected chi connectivity index (χ2v) is 5.71. The molecule has 8 nitrogen and oxygen atoms in total. The van der Waals surface area contributed by atoms with Crippen molar-refractivity contribution in [3.05, 3.63) is 29.6 Å². The fourth-order valence-electron chi connectivity index (χ4n) is 2.90. The van der Waals surface area contributed by atoms with Crippen molar-refractivity contribution in [2.24, 2.45) is 0 Å². The lowest BCUT2D eigenvalue weighted by Crippen LogP contribution is -2.37. The van der Waals surface area contributed by atoms with Gasteiger partial charge in [-0.2, -0.15) is 0 Å². The molecule has 8 heteroatoms. The van der Waals surface area contributed by atoms with Gasteiger partial charge in [-0.3, -0.25) is 19.1 Å². The molecular weight excluding hydrogens is 312 g/mol. The summed E-state index contributed by atoms with van der Waals surface area (Å²) in [6.45, 7) is 5.03. The molecule has 1 aromatic carbocycles.